The number of benzene rings is 1. The standard InChI is InChI=1S/C18H22N2/c1-2-10-18(15-7-8-15,20-11-3-1)17-6-4-5-14-9-12-19-13-16(14)17/h4-6,9,12-13,15,20H,1-3,7-8,10-11H2. The Balaban J connectivity index is 1.89. The third-order valence-corrected chi connectivity index (χ3v) is 5.13. The van der Waals surface area contributed by atoms with Crippen LogP contribution in [-0.2, 0) is 5.54 Å². The highest BCUT2D eigenvalue weighted by molar-refractivity contribution is 5.85. The third-order valence-electron chi connectivity index (χ3n) is 5.13. The first-order chi connectivity index (χ1) is 9.90. The van der Waals surface area contributed by atoms with Gasteiger partial charge in [0.2, 0.25) is 0 Å². The molecule has 1 saturated heterocycles. The summed E-state index contributed by atoms with van der Waals surface area (Å²) in [5.74, 6) is 0.825. The first-order valence-corrected chi connectivity index (χ1v) is 7.98. The van der Waals surface area contributed by atoms with Crippen molar-refractivity contribution >= 4 is 10.8 Å². The number of aromatic nitrogens is 1. The molecule has 1 saturated carbocycles. The molecule has 4 rings (SSSR count). The summed E-state index contributed by atoms with van der Waals surface area (Å²) in [6.45, 7) is 1.16. The molecular formula is C18H22N2. The predicted octanol–water partition coefficient (Wildman–Crippen LogP) is 4.00. The van der Waals surface area contributed by atoms with Gasteiger partial charge in [-0.1, -0.05) is 31.0 Å². The Morgan fingerprint density at radius 3 is 2.95 bits per heavy atom. The van der Waals surface area contributed by atoms with E-state index in [1.165, 1.54) is 54.9 Å². The maximum absolute atomic E-state index is 4.37. The third kappa shape index (κ3) is 1.94. The molecule has 0 spiro atoms. The second-order valence-electron chi connectivity index (χ2n) is 6.39. The SMILES string of the molecule is c1cc(C2(C3CC3)CCCCCN2)c2cnccc2c1. The summed E-state index contributed by atoms with van der Waals surface area (Å²) >= 11 is 0. The molecule has 2 heterocycles. The summed E-state index contributed by atoms with van der Waals surface area (Å²) in [5.41, 5.74) is 1.70. The zero-order valence-electron chi connectivity index (χ0n) is 11.9. The summed E-state index contributed by atoms with van der Waals surface area (Å²) in [7, 11) is 0. The van der Waals surface area contributed by atoms with E-state index < -0.39 is 0 Å². The van der Waals surface area contributed by atoms with Gasteiger partial charge in [-0.15, -0.1) is 0 Å². The Morgan fingerprint density at radius 2 is 2.05 bits per heavy atom. The molecule has 0 radical (unpaired) electrons. The first-order valence-electron chi connectivity index (χ1n) is 7.98. The highest BCUT2D eigenvalue weighted by Crippen LogP contribution is 2.50. The van der Waals surface area contributed by atoms with Crippen molar-refractivity contribution in [3.05, 3.63) is 42.2 Å². The molecule has 1 aromatic carbocycles. The average Bonchev–Trinajstić information content (AvgIpc) is 3.33. The highest BCUT2D eigenvalue weighted by atomic mass is 15.0. The van der Waals surface area contributed by atoms with Crippen molar-refractivity contribution in [2.45, 2.75) is 44.1 Å². The largest absolute Gasteiger partial charge is 0.307 e. The van der Waals surface area contributed by atoms with Gasteiger partial charge in [0.05, 0.1) is 0 Å². The lowest BCUT2D eigenvalue weighted by molar-refractivity contribution is 0.281. The fourth-order valence-corrected chi connectivity index (χ4v) is 3.98. The van der Waals surface area contributed by atoms with Crippen molar-refractivity contribution in [3.8, 4) is 0 Å². The molecule has 1 aliphatic heterocycles. The van der Waals surface area contributed by atoms with Gasteiger partial charge in [0, 0.05) is 23.3 Å². The van der Waals surface area contributed by atoms with E-state index in [0.717, 1.165) is 12.5 Å². The van der Waals surface area contributed by atoms with Crippen molar-refractivity contribution in [3.63, 3.8) is 0 Å². The van der Waals surface area contributed by atoms with E-state index in [9.17, 15) is 0 Å². The smallest absolute Gasteiger partial charge is 0.0469 e. The van der Waals surface area contributed by atoms with Gasteiger partial charge in [-0.2, -0.15) is 0 Å². The molecule has 20 heavy (non-hydrogen) atoms. The maximum atomic E-state index is 4.37. The number of hydrogen-bond donors (Lipinski definition) is 1. The Morgan fingerprint density at radius 1 is 1.10 bits per heavy atom. The highest BCUT2D eigenvalue weighted by Gasteiger charge is 2.46. The van der Waals surface area contributed by atoms with E-state index in [2.05, 4.69) is 40.8 Å². The quantitative estimate of drug-likeness (QED) is 0.888. The molecule has 2 aromatic rings. The van der Waals surface area contributed by atoms with E-state index in [1.807, 2.05) is 6.20 Å². The molecule has 2 aliphatic rings. The fourth-order valence-electron chi connectivity index (χ4n) is 3.98. The van der Waals surface area contributed by atoms with E-state index >= 15 is 0 Å². The van der Waals surface area contributed by atoms with Crippen LogP contribution in [0.3, 0.4) is 0 Å². The zero-order valence-corrected chi connectivity index (χ0v) is 11.9. The lowest BCUT2D eigenvalue weighted by atomic mass is 9.79. The number of pyridine rings is 1. The Kier molecular flexibility index (Phi) is 2.99. The zero-order chi connectivity index (χ0) is 13.4. The number of fused-ring (bicyclic) bond motifs is 1. The summed E-state index contributed by atoms with van der Waals surface area (Å²) in [5, 5.41) is 6.60. The Labute approximate surface area is 120 Å². The molecule has 104 valence electrons. The number of nitrogens with one attached hydrogen (secondary N) is 1. The van der Waals surface area contributed by atoms with Crippen molar-refractivity contribution in [2.24, 2.45) is 5.92 Å². The summed E-state index contributed by atoms with van der Waals surface area (Å²) in [6.07, 6.45) is 12.0. The molecule has 2 heteroatoms. The van der Waals surface area contributed by atoms with Crippen LogP contribution in [0.15, 0.2) is 36.7 Å². The normalized spacial score (nSPS) is 27.4. The molecule has 2 nitrogen and oxygen atoms in total. The van der Waals surface area contributed by atoms with Crippen molar-refractivity contribution < 1.29 is 0 Å². The molecule has 1 atom stereocenters. The summed E-state index contributed by atoms with van der Waals surface area (Å²) in [4.78, 5) is 4.37. The summed E-state index contributed by atoms with van der Waals surface area (Å²) < 4.78 is 0. The van der Waals surface area contributed by atoms with E-state index in [-0.39, 0.29) is 5.54 Å². The molecule has 1 unspecified atom stereocenters. The van der Waals surface area contributed by atoms with Crippen LogP contribution in [0, 0.1) is 5.92 Å². The molecule has 0 bridgehead atoms. The van der Waals surface area contributed by atoms with Crippen molar-refractivity contribution in [1.82, 2.24) is 10.3 Å². The monoisotopic (exact) mass is 266 g/mol. The summed E-state index contributed by atoms with van der Waals surface area (Å²) in [6, 6.07) is 8.89. The number of nitrogens with zero attached hydrogens (tertiary/aromatic N) is 1. The molecule has 1 aromatic heterocycles. The van der Waals surface area contributed by atoms with Crippen LogP contribution >= 0.6 is 0 Å². The van der Waals surface area contributed by atoms with Crippen LogP contribution in [0.2, 0.25) is 0 Å². The van der Waals surface area contributed by atoms with Gasteiger partial charge < -0.3 is 5.32 Å². The first kappa shape index (κ1) is 12.3. The van der Waals surface area contributed by atoms with Crippen LogP contribution in [0.25, 0.3) is 10.8 Å². The van der Waals surface area contributed by atoms with Crippen LogP contribution in [-0.4, -0.2) is 11.5 Å². The topological polar surface area (TPSA) is 24.9 Å². The van der Waals surface area contributed by atoms with Crippen molar-refractivity contribution in [2.75, 3.05) is 6.54 Å². The minimum atomic E-state index is 0.207. The van der Waals surface area contributed by atoms with Crippen LogP contribution in [0.5, 0.6) is 0 Å². The lowest BCUT2D eigenvalue weighted by Gasteiger charge is -2.36. The lowest BCUT2D eigenvalue weighted by Crippen LogP contribution is -2.44. The molecule has 0 amide bonds. The van der Waals surface area contributed by atoms with Crippen LogP contribution in [0.1, 0.15) is 44.1 Å². The van der Waals surface area contributed by atoms with E-state index in [0.29, 0.717) is 0 Å². The van der Waals surface area contributed by atoms with Gasteiger partial charge in [0.15, 0.2) is 0 Å². The minimum absolute atomic E-state index is 0.207. The van der Waals surface area contributed by atoms with Crippen LogP contribution < -0.4 is 5.32 Å². The molecule has 2 fully saturated rings. The van der Waals surface area contributed by atoms with Crippen molar-refractivity contribution in [1.29, 1.82) is 0 Å². The second kappa shape index (κ2) is 4.85. The van der Waals surface area contributed by atoms with E-state index in [4.69, 9.17) is 0 Å². The number of rotatable bonds is 2. The predicted molar refractivity (Wildman–Crippen MR) is 82.6 cm³/mol. The van der Waals surface area contributed by atoms with E-state index in [1.54, 1.807) is 0 Å². The van der Waals surface area contributed by atoms with Crippen LogP contribution in [0.4, 0.5) is 0 Å². The second-order valence-corrected chi connectivity index (χ2v) is 6.39. The maximum Gasteiger partial charge on any atom is 0.0469 e. The Hall–Kier alpha value is -1.41. The molecule has 1 N–H and O–H groups in total. The Bertz CT molecular complexity index is 602. The molecular weight excluding hydrogens is 244 g/mol. The minimum Gasteiger partial charge on any atom is -0.307 e. The fraction of sp³-hybridized carbons (Fsp3) is 0.500. The van der Waals surface area contributed by atoms with Gasteiger partial charge in [-0.05, 0) is 55.2 Å². The van der Waals surface area contributed by atoms with Gasteiger partial charge in [0.1, 0.15) is 0 Å². The van der Waals surface area contributed by atoms with Gasteiger partial charge >= 0.3 is 0 Å². The number of hydrogen-bond acceptors (Lipinski definition) is 2. The van der Waals surface area contributed by atoms with Gasteiger partial charge in [0.25, 0.3) is 0 Å². The molecule has 1 aliphatic carbocycles. The average molecular weight is 266 g/mol. The van der Waals surface area contributed by atoms with Gasteiger partial charge in [-0.25, -0.2) is 0 Å². The van der Waals surface area contributed by atoms with Gasteiger partial charge in [-0.3, -0.25) is 4.98 Å².